The maximum atomic E-state index is 12.7. The van der Waals surface area contributed by atoms with Gasteiger partial charge in [-0.15, -0.1) is 0 Å². The van der Waals surface area contributed by atoms with Gasteiger partial charge < -0.3 is 10.1 Å². The largest absolute Gasteiger partial charge is 0.493 e. The molecule has 0 aliphatic heterocycles. The van der Waals surface area contributed by atoms with Gasteiger partial charge >= 0.3 is 0 Å². The molecule has 0 atom stereocenters. The van der Waals surface area contributed by atoms with Crippen molar-refractivity contribution in [3.8, 4) is 5.75 Å². The van der Waals surface area contributed by atoms with Gasteiger partial charge in [0.1, 0.15) is 5.75 Å². The van der Waals surface area contributed by atoms with Gasteiger partial charge in [-0.25, -0.2) is 8.42 Å². The first-order valence-corrected chi connectivity index (χ1v) is 11.5. The second kappa shape index (κ2) is 9.66. The summed E-state index contributed by atoms with van der Waals surface area (Å²) in [5.41, 5.74) is 3.34. The van der Waals surface area contributed by atoms with Gasteiger partial charge in [0.2, 0.25) is 0 Å². The third-order valence-corrected chi connectivity index (χ3v) is 6.02. The van der Waals surface area contributed by atoms with E-state index in [4.69, 9.17) is 4.74 Å². The summed E-state index contributed by atoms with van der Waals surface area (Å²) >= 11 is 0. The minimum absolute atomic E-state index is 0.108. The molecule has 0 bridgehead atoms. The van der Waals surface area contributed by atoms with Crippen molar-refractivity contribution in [1.29, 1.82) is 0 Å². The van der Waals surface area contributed by atoms with Gasteiger partial charge in [-0.05, 0) is 68.3 Å². The smallest absolute Gasteiger partial charge is 0.261 e. The van der Waals surface area contributed by atoms with Crippen LogP contribution >= 0.6 is 0 Å². The molecule has 0 saturated carbocycles. The zero-order valence-corrected chi connectivity index (χ0v) is 18.6. The molecule has 0 aliphatic rings. The highest BCUT2D eigenvalue weighted by Crippen LogP contribution is 2.23. The summed E-state index contributed by atoms with van der Waals surface area (Å²) in [5.74, 6) is 0.189. The lowest BCUT2D eigenvalue weighted by atomic mass is 10.1. The van der Waals surface area contributed by atoms with Crippen LogP contribution in [0.2, 0.25) is 0 Å². The number of nitrogens with one attached hydrogen (secondary N) is 2. The second-order valence-electron chi connectivity index (χ2n) is 7.25. The number of ether oxygens (including phenoxy) is 1. The number of hydrogen-bond acceptors (Lipinski definition) is 4. The molecule has 0 fully saturated rings. The minimum Gasteiger partial charge on any atom is -0.493 e. The Bertz CT molecular complexity index is 1170. The van der Waals surface area contributed by atoms with E-state index in [0.29, 0.717) is 29.3 Å². The van der Waals surface area contributed by atoms with Crippen molar-refractivity contribution in [2.45, 2.75) is 32.1 Å². The van der Waals surface area contributed by atoms with Gasteiger partial charge in [0, 0.05) is 5.69 Å². The Kier molecular flexibility index (Phi) is 6.97. The van der Waals surface area contributed by atoms with Crippen LogP contribution in [0.25, 0.3) is 0 Å². The molecule has 6 nitrogen and oxygen atoms in total. The maximum Gasteiger partial charge on any atom is 0.261 e. The van der Waals surface area contributed by atoms with Crippen molar-refractivity contribution in [3.63, 3.8) is 0 Å². The number of hydrogen-bond donors (Lipinski definition) is 2. The molecule has 3 aromatic carbocycles. The number of anilines is 2. The third kappa shape index (κ3) is 5.64. The average Bonchev–Trinajstić information content (AvgIpc) is 2.75. The summed E-state index contributed by atoms with van der Waals surface area (Å²) in [6, 6.07) is 18.6. The highest BCUT2D eigenvalue weighted by atomic mass is 32.2. The number of sulfonamides is 1. The van der Waals surface area contributed by atoms with Crippen molar-refractivity contribution in [2.24, 2.45) is 0 Å². The highest BCUT2D eigenvalue weighted by Gasteiger charge is 2.16. The molecule has 7 heteroatoms. The minimum atomic E-state index is -3.75. The van der Waals surface area contributed by atoms with Gasteiger partial charge in [0.25, 0.3) is 15.9 Å². The van der Waals surface area contributed by atoms with Crippen molar-refractivity contribution in [1.82, 2.24) is 0 Å². The van der Waals surface area contributed by atoms with E-state index in [2.05, 4.69) is 10.0 Å². The second-order valence-corrected chi connectivity index (χ2v) is 8.93. The highest BCUT2D eigenvalue weighted by molar-refractivity contribution is 7.92. The van der Waals surface area contributed by atoms with Crippen LogP contribution in [-0.4, -0.2) is 20.9 Å². The van der Waals surface area contributed by atoms with Crippen LogP contribution in [0.5, 0.6) is 5.75 Å². The molecule has 0 aliphatic carbocycles. The fraction of sp³-hybridized carbons (Fsp3) is 0.208. The Morgan fingerprint density at radius 2 is 1.68 bits per heavy atom. The van der Waals surface area contributed by atoms with Crippen LogP contribution in [0.3, 0.4) is 0 Å². The standard InChI is InChI=1S/C24H26N2O4S/c1-4-15-30-23-8-6-5-7-21(23)24(27)25-19-10-12-20(13-11-19)31(28,29)26-22-14-9-17(2)16-18(22)3/h5-14,16,26H,4,15H2,1-3H3,(H,25,27). The molecule has 1 amide bonds. The summed E-state index contributed by atoms with van der Waals surface area (Å²) in [5, 5.41) is 2.78. The van der Waals surface area contributed by atoms with Crippen LogP contribution in [0.15, 0.2) is 71.6 Å². The first-order valence-electron chi connectivity index (χ1n) is 10.0. The molecule has 0 saturated heterocycles. The molecule has 3 aromatic rings. The summed E-state index contributed by atoms with van der Waals surface area (Å²) in [4.78, 5) is 12.8. The monoisotopic (exact) mass is 438 g/mol. The molecule has 0 spiro atoms. The fourth-order valence-corrected chi connectivity index (χ4v) is 4.17. The van der Waals surface area contributed by atoms with Gasteiger partial charge in [0.05, 0.1) is 22.8 Å². The van der Waals surface area contributed by atoms with E-state index in [0.717, 1.165) is 17.5 Å². The molecular weight excluding hydrogens is 412 g/mol. The predicted octanol–water partition coefficient (Wildman–Crippen LogP) is 5.15. The van der Waals surface area contributed by atoms with Crippen molar-refractivity contribution in [3.05, 3.63) is 83.4 Å². The van der Waals surface area contributed by atoms with E-state index in [9.17, 15) is 13.2 Å². The molecule has 3 rings (SSSR count). The summed E-state index contributed by atoms with van der Waals surface area (Å²) in [7, 11) is -3.75. The number of benzene rings is 3. The first-order chi connectivity index (χ1) is 14.8. The Morgan fingerprint density at radius 3 is 2.35 bits per heavy atom. The number of para-hydroxylation sites is 1. The number of aryl methyl sites for hydroxylation is 2. The molecule has 0 unspecified atom stereocenters. The molecule has 0 radical (unpaired) electrons. The summed E-state index contributed by atoms with van der Waals surface area (Å²) < 4.78 is 33.7. The van der Waals surface area contributed by atoms with Crippen LogP contribution in [0, 0.1) is 13.8 Å². The Balaban J connectivity index is 1.73. The van der Waals surface area contributed by atoms with Crippen molar-refractivity contribution < 1.29 is 17.9 Å². The third-order valence-electron chi connectivity index (χ3n) is 4.64. The Hall–Kier alpha value is -3.32. The quantitative estimate of drug-likeness (QED) is 0.510. The van der Waals surface area contributed by atoms with Crippen LogP contribution < -0.4 is 14.8 Å². The molecule has 2 N–H and O–H groups in total. The van der Waals surface area contributed by atoms with Crippen LogP contribution in [-0.2, 0) is 10.0 Å². The Morgan fingerprint density at radius 1 is 0.968 bits per heavy atom. The lowest BCUT2D eigenvalue weighted by molar-refractivity contribution is 0.102. The SMILES string of the molecule is CCCOc1ccccc1C(=O)Nc1ccc(S(=O)(=O)Nc2ccc(C)cc2C)cc1. The topological polar surface area (TPSA) is 84.5 Å². The Labute approximate surface area is 183 Å². The molecule has 0 heterocycles. The van der Waals surface area contributed by atoms with Crippen LogP contribution in [0.4, 0.5) is 11.4 Å². The van der Waals surface area contributed by atoms with E-state index in [1.54, 1.807) is 36.4 Å². The fourth-order valence-electron chi connectivity index (χ4n) is 3.04. The zero-order valence-electron chi connectivity index (χ0n) is 17.8. The number of carbonyl (C=O) groups is 1. The zero-order chi connectivity index (χ0) is 22.4. The van der Waals surface area contributed by atoms with Gasteiger partial charge in [-0.3, -0.25) is 9.52 Å². The van der Waals surface area contributed by atoms with E-state index >= 15 is 0 Å². The van der Waals surface area contributed by atoms with E-state index in [-0.39, 0.29) is 10.8 Å². The first kappa shape index (κ1) is 22.4. The lowest BCUT2D eigenvalue weighted by Crippen LogP contribution is -2.15. The average molecular weight is 439 g/mol. The van der Waals surface area contributed by atoms with Gasteiger partial charge in [-0.1, -0.05) is 36.8 Å². The van der Waals surface area contributed by atoms with Gasteiger partial charge in [0.15, 0.2) is 0 Å². The van der Waals surface area contributed by atoms with E-state index < -0.39 is 10.0 Å². The predicted molar refractivity (Wildman–Crippen MR) is 123 cm³/mol. The molecule has 162 valence electrons. The summed E-state index contributed by atoms with van der Waals surface area (Å²) in [6.45, 7) is 6.32. The number of carbonyl (C=O) groups excluding carboxylic acids is 1. The molecular formula is C24H26N2O4S. The van der Waals surface area contributed by atoms with E-state index in [1.165, 1.54) is 12.1 Å². The van der Waals surface area contributed by atoms with Crippen LogP contribution in [0.1, 0.15) is 34.8 Å². The normalized spacial score (nSPS) is 11.1. The lowest BCUT2D eigenvalue weighted by Gasteiger charge is -2.13. The maximum absolute atomic E-state index is 12.7. The number of rotatable bonds is 8. The number of amides is 1. The molecule has 0 aromatic heterocycles. The van der Waals surface area contributed by atoms with Gasteiger partial charge in [-0.2, -0.15) is 0 Å². The molecule has 31 heavy (non-hydrogen) atoms. The summed E-state index contributed by atoms with van der Waals surface area (Å²) in [6.07, 6.45) is 0.835. The van der Waals surface area contributed by atoms with Crippen molar-refractivity contribution >= 4 is 27.3 Å². The van der Waals surface area contributed by atoms with E-state index in [1.807, 2.05) is 39.0 Å². The van der Waals surface area contributed by atoms with Crippen molar-refractivity contribution in [2.75, 3.05) is 16.6 Å².